The number of likely N-dealkylation sites (N-methyl/N-ethyl adjacent to an activating group) is 2. The summed E-state index contributed by atoms with van der Waals surface area (Å²) in [6.45, 7) is 3.45. The van der Waals surface area contributed by atoms with Crippen molar-refractivity contribution in [2.24, 2.45) is 0 Å². The monoisotopic (exact) mass is 595 g/mol. The van der Waals surface area contributed by atoms with Gasteiger partial charge in [0.2, 0.25) is 5.88 Å². The van der Waals surface area contributed by atoms with Crippen molar-refractivity contribution in [3.8, 4) is 23.0 Å². The Bertz CT molecular complexity index is 1630. The number of carbonyl (C=O) groups is 1. The van der Waals surface area contributed by atoms with Gasteiger partial charge in [0.15, 0.2) is 5.82 Å². The van der Waals surface area contributed by atoms with Crippen LogP contribution in [0.5, 0.6) is 11.6 Å². The molecule has 1 fully saturated rings. The second-order valence-corrected chi connectivity index (χ2v) is 10.2. The molecule has 0 aliphatic carbocycles. The van der Waals surface area contributed by atoms with E-state index in [4.69, 9.17) is 4.74 Å². The number of nitrogens with one attached hydrogen (secondary N) is 1. The second-order valence-electron chi connectivity index (χ2n) is 10.2. The predicted molar refractivity (Wildman–Crippen MR) is 153 cm³/mol. The molecule has 43 heavy (non-hydrogen) atoms. The van der Waals surface area contributed by atoms with Gasteiger partial charge >= 0.3 is 6.18 Å². The molecule has 1 N–H and O–H groups in total. The highest BCUT2D eigenvalue weighted by molar-refractivity contribution is 6.06. The number of halogens is 4. The zero-order valence-electron chi connectivity index (χ0n) is 23.7. The first-order valence-corrected chi connectivity index (χ1v) is 13.6. The van der Waals surface area contributed by atoms with Gasteiger partial charge in [0, 0.05) is 43.9 Å². The van der Waals surface area contributed by atoms with E-state index in [2.05, 4.69) is 30.2 Å². The third kappa shape index (κ3) is 6.88. The van der Waals surface area contributed by atoms with Crippen molar-refractivity contribution in [1.82, 2.24) is 24.8 Å². The summed E-state index contributed by atoms with van der Waals surface area (Å²) in [5, 5.41) is 2.56. The Morgan fingerprint density at radius 2 is 1.95 bits per heavy atom. The van der Waals surface area contributed by atoms with E-state index in [-0.39, 0.29) is 28.9 Å². The smallest absolute Gasteiger partial charge is 0.416 e. The SMILES string of the molecule is CCc1ncnc(-c2cccnc2Oc2cc(F)cc(C(=O)Nc3cc(C(F)(F)F)ccc3N(C)[C@H]3CCN(C)C3)c2)n1. The van der Waals surface area contributed by atoms with Crippen LogP contribution in [0.1, 0.15) is 35.1 Å². The first-order chi connectivity index (χ1) is 20.5. The first kappa shape index (κ1) is 29.8. The van der Waals surface area contributed by atoms with Gasteiger partial charge in [-0.15, -0.1) is 0 Å². The molecule has 0 bridgehead atoms. The van der Waals surface area contributed by atoms with E-state index >= 15 is 0 Å². The van der Waals surface area contributed by atoms with Gasteiger partial charge in [-0.05, 0) is 62.5 Å². The summed E-state index contributed by atoms with van der Waals surface area (Å²) in [7, 11) is 3.74. The Morgan fingerprint density at radius 3 is 2.67 bits per heavy atom. The number of alkyl halides is 3. The second kappa shape index (κ2) is 12.3. The molecule has 0 saturated carbocycles. The Kier molecular flexibility index (Phi) is 8.53. The highest BCUT2D eigenvalue weighted by atomic mass is 19.4. The minimum atomic E-state index is -4.62. The lowest BCUT2D eigenvalue weighted by Crippen LogP contribution is -2.34. The summed E-state index contributed by atoms with van der Waals surface area (Å²) in [5.74, 6) is -0.721. The molecule has 13 heteroatoms. The Labute approximate surface area is 245 Å². The quantitative estimate of drug-likeness (QED) is 0.254. The van der Waals surface area contributed by atoms with Crippen LogP contribution in [0, 0.1) is 5.82 Å². The predicted octanol–water partition coefficient (Wildman–Crippen LogP) is 5.84. The van der Waals surface area contributed by atoms with E-state index in [0.29, 0.717) is 29.3 Å². The number of nitrogens with zero attached hydrogens (tertiary/aromatic N) is 6. The number of amides is 1. The van der Waals surface area contributed by atoms with Crippen LogP contribution >= 0.6 is 0 Å². The van der Waals surface area contributed by atoms with Crippen molar-refractivity contribution < 1.29 is 27.1 Å². The zero-order valence-corrected chi connectivity index (χ0v) is 23.7. The lowest BCUT2D eigenvalue weighted by molar-refractivity contribution is -0.137. The zero-order chi connectivity index (χ0) is 30.7. The minimum absolute atomic E-state index is 0.0388. The van der Waals surface area contributed by atoms with E-state index in [1.165, 1.54) is 24.7 Å². The van der Waals surface area contributed by atoms with E-state index in [0.717, 1.165) is 43.8 Å². The van der Waals surface area contributed by atoms with Gasteiger partial charge in [0.1, 0.15) is 23.7 Å². The van der Waals surface area contributed by atoms with Crippen LogP contribution in [0.3, 0.4) is 0 Å². The van der Waals surface area contributed by atoms with Crippen LogP contribution < -0.4 is 15.0 Å². The molecule has 0 spiro atoms. The average Bonchev–Trinajstić information content (AvgIpc) is 3.42. The highest BCUT2D eigenvalue weighted by Crippen LogP contribution is 2.37. The summed E-state index contributed by atoms with van der Waals surface area (Å²) in [6.07, 6.45) is -0.392. The number of carbonyl (C=O) groups excluding carboxylic acids is 1. The van der Waals surface area contributed by atoms with Crippen LogP contribution in [-0.4, -0.2) is 64.0 Å². The number of likely N-dealkylation sites (tertiary alicyclic amines) is 1. The van der Waals surface area contributed by atoms with Crippen molar-refractivity contribution in [2.45, 2.75) is 32.0 Å². The number of hydrogen-bond donors (Lipinski definition) is 1. The van der Waals surface area contributed by atoms with E-state index < -0.39 is 23.5 Å². The number of aromatic nitrogens is 4. The minimum Gasteiger partial charge on any atom is -0.438 e. The molecule has 1 saturated heterocycles. The normalized spacial score (nSPS) is 15.4. The molecule has 9 nitrogen and oxygen atoms in total. The number of ether oxygens (including phenoxy) is 1. The molecule has 2 aromatic heterocycles. The molecule has 2 aromatic carbocycles. The van der Waals surface area contributed by atoms with Crippen LogP contribution in [0.4, 0.5) is 28.9 Å². The van der Waals surface area contributed by atoms with E-state index in [9.17, 15) is 22.4 Å². The molecule has 4 aromatic rings. The number of benzene rings is 2. The van der Waals surface area contributed by atoms with Crippen LogP contribution in [0.25, 0.3) is 11.4 Å². The van der Waals surface area contributed by atoms with Gasteiger partial charge in [-0.1, -0.05) is 6.92 Å². The molecule has 1 aliphatic rings. The van der Waals surface area contributed by atoms with Gasteiger partial charge in [0.25, 0.3) is 5.91 Å². The fraction of sp³-hybridized carbons (Fsp3) is 0.300. The molecule has 0 radical (unpaired) electrons. The molecule has 3 heterocycles. The molecular weight excluding hydrogens is 566 g/mol. The number of anilines is 2. The highest BCUT2D eigenvalue weighted by Gasteiger charge is 2.33. The molecule has 5 rings (SSSR count). The maximum atomic E-state index is 14.7. The fourth-order valence-electron chi connectivity index (χ4n) is 4.88. The molecule has 1 atom stereocenters. The maximum absolute atomic E-state index is 14.7. The standard InChI is InChI=1S/C30H29F4N7O2/c1-4-26-36-17-37-27(39-26)23-6-5-10-35-29(23)43-22-13-18(12-20(31)15-22)28(42)38-24-14-19(30(32,33)34)7-8-25(24)41(3)21-9-11-40(2)16-21/h5-8,10,12-15,17,21H,4,9,11,16H2,1-3H3,(H,38,42)/t21-/m0/s1. The molecule has 0 unspecified atom stereocenters. The average molecular weight is 596 g/mol. The summed E-state index contributed by atoms with van der Waals surface area (Å²) in [6, 6.07) is 9.91. The van der Waals surface area contributed by atoms with E-state index in [1.54, 1.807) is 19.2 Å². The van der Waals surface area contributed by atoms with Crippen molar-refractivity contribution in [2.75, 3.05) is 37.4 Å². The number of pyridine rings is 1. The van der Waals surface area contributed by atoms with Crippen LogP contribution in [0.15, 0.2) is 61.1 Å². The molecule has 1 amide bonds. The van der Waals surface area contributed by atoms with E-state index in [1.807, 2.05) is 18.9 Å². The third-order valence-electron chi connectivity index (χ3n) is 7.16. The lowest BCUT2D eigenvalue weighted by Gasteiger charge is -2.29. The van der Waals surface area contributed by atoms with Crippen molar-refractivity contribution >= 4 is 17.3 Å². The maximum Gasteiger partial charge on any atom is 0.416 e. The van der Waals surface area contributed by atoms with Gasteiger partial charge in [-0.3, -0.25) is 4.79 Å². The van der Waals surface area contributed by atoms with Gasteiger partial charge in [0.05, 0.1) is 22.5 Å². The Balaban J connectivity index is 1.44. The van der Waals surface area contributed by atoms with Gasteiger partial charge in [-0.25, -0.2) is 24.3 Å². The lowest BCUT2D eigenvalue weighted by atomic mass is 10.1. The fourth-order valence-corrected chi connectivity index (χ4v) is 4.88. The van der Waals surface area contributed by atoms with Crippen molar-refractivity contribution in [1.29, 1.82) is 0 Å². The van der Waals surface area contributed by atoms with Crippen molar-refractivity contribution in [3.05, 3.63) is 83.8 Å². The summed E-state index contributed by atoms with van der Waals surface area (Å²) >= 11 is 0. The Morgan fingerprint density at radius 1 is 1.14 bits per heavy atom. The Hall–Kier alpha value is -4.65. The summed E-state index contributed by atoms with van der Waals surface area (Å²) in [4.78, 5) is 34.2. The summed E-state index contributed by atoms with van der Waals surface area (Å²) < 4.78 is 61.4. The number of hydrogen-bond acceptors (Lipinski definition) is 8. The number of rotatable bonds is 8. The van der Waals surface area contributed by atoms with Crippen LogP contribution in [0.2, 0.25) is 0 Å². The first-order valence-electron chi connectivity index (χ1n) is 13.6. The summed E-state index contributed by atoms with van der Waals surface area (Å²) in [5.41, 5.74) is -0.288. The van der Waals surface area contributed by atoms with Gasteiger partial charge < -0.3 is 19.9 Å². The molecule has 1 aliphatic heterocycles. The van der Waals surface area contributed by atoms with Crippen LogP contribution in [-0.2, 0) is 12.6 Å². The van der Waals surface area contributed by atoms with Gasteiger partial charge in [-0.2, -0.15) is 13.2 Å². The largest absolute Gasteiger partial charge is 0.438 e. The third-order valence-corrected chi connectivity index (χ3v) is 7.16. The topological polar surface area (TPSA) is 96.4 Å². The van der Waals surface area contributed by atoms with Crippen molar-refractivity contribution in [3.63, 3.8) is 0 Å². The molecular formula is C30H29F4N7O2. The number of aryl methyl sites for hydroxylation is 1. The molecule has 224 valence electrons.